The first kappa shape index (κ1) is 18.9. The summed E-state index contributed by atoms with van der Waals surface area (Å²) in [6.07, 6.45) is 6.30. The van der Waals surface area contributed by atoms with Gasteiger partial charge >= 0.3 is 6.55 Å². The van der Waals surface area contributed by atoms with Crippen molar-refractivity contribution in [2.75, 3.05) is 0 Å². The van der Waals surface area contributed by atoms with Crippen LogP contribution < -0.4 is 5.73 Å². The summed E-state index contributed by atoms with van der Waals surface area (Å²) >= 11 is 0. The minimum absolute atomic E-state index is 0.144. The number of benzene rings is 2. The fourth-order valence-electron chi connectivity index (χ4n) is 4.25. The Morgan fingerprint density at radius 2 is 1.70 bits per heavy atom. The van der Waals surface area contributed by atoms with Crippen LogP contribution in [-0.2, 0) is 12.1 Å². The fourth-order valence-corrected chi connectivity index (χ4v) is 4.25. The molecule has 0 radical (unpaired) electrons. The van der Waals surface area contributed by atoms with Gasteiger partial charge in [-0.1, -0.05) is 54.6 Å². The largest absolute Gasteiger partial charge is 0.321 e. The van der Waals surface area contributed by atoms with Crippen LogP contribution in [0.25, 0.3) is 28.5 Å². The molecule has 0 atom stereocenters. The molecule has 2 aliphatic rings. The van der Waals surface area contributed by atoms with Crippen molar-refractivity contribution in [3.05, 3.63) is 83.7 Å². The van der Waals surface area contributed by atoms with Gasteiger partial charge in [0.1, 0.15) is 0 Å². The van der Waals surface area contributed by atoms with Crippen molar-refractivity contribution < 1.29 is 8.78 Å². The highest BCUT2D eigenvalue weighted by Gasteiger charge is 2.34. The molecule has 5 rings (SSSR count). The van der Waals surface area contributed by atoms with Gasteiger partial charge in [-0.2, -0.15) is 8.78 Å². The van der Waals surface area contributed by atoms with Gasteiger partial charge in [-0.3, -0.25) is 0 Å². The molecule has 3 nitrogen and oxygen atoms in total. The molecule has 1 aliphatic carbocycles. The van der Waals surface area contributed by atoms with E-state index < -0.39 is 6.55 Å². The van der Waals surface area contributed by atoms with Crippen molar-refractivity contribution in [2.45, 2.75) is 37.9 Å². The highest BCUT2D eigenvalue weighted by Crippen LogP contribution is 2.40. The number of pyridine rings is 1. The van der Waals surface area contributed by atoms with Crippen molar-refractivity contribution in [2.24, 2.45) is 5.73 Å². The number of nitrogens with two attached hydrogens (primary N) is 1. The van der Waals surface area contributed by atoms with Crippen LogP contribution in [0.4, 0.5) is 8.78 Å². The number of halogens is 2. The highest BCUT2D eigenvalue weighted by molar-refractivity contribution is 5.82. The summed E-state index contributed by atoms with van der Waals surface area (Å²) < 4.78 is 26.4. The van der Waals surface area contributed by atoms with Crippen LogP contribution in [0, 0.1) is 0 Å². The van der Waals surface area contributed by atoms with Crippen LogP contribution in [-0.4, -0.2) is 16.4 Å². The third kappa shape index (κ3) is 3.29. The Morgan fingerprint density at radius 1 is 0.967 bits per heavy atom. The van der Waals surface area contributed by atoms with Crippen molar-refractivity contribution in [3.8, 4) is 22.4 Å². The Hall–Kier alpha value is -3.05. The van der Waals surface area contributed by atoms with E-state index in [1.54, 1.807) is 6.08 Å². The van der Waals surface area contributed by atoms with E-state index in [4.69, 9.17) is 10.7 Å². The summed E-state index contributed by atoms with van der Waals surface area (Å²) in [5, 5.41) is 0. The molecular formula is C25H23F2N3. The molecule has 0 bridgehead atoms. The van der Waals surface area contributed by atoms with Crippen molar-refractivity contribution in [1.82, 2.24) is 9.88 Å². The van der Waals surface area contributed by atoms with Gasteiger partial charge in [-0.15, -0.1) is 0 Å². The lowest BCUT2D eigenvalue weighted by Gasteiger charge is -2.38. The predicted octanol–water partition coefficient (Wildman–Crippen LogP) is 5.76. The first-order valence-electron chi connectivity index (χ1n) is 10.2. The zero-order valence-corrected chi connectivity index (χ0v) is 16.6. The number of hydrogen-bond donors (Lipinski definition) is 1. The van der Waals surface area contributed by atoms with Crippen LogP contribution in [0.3, 0.4) is 0 Å². The zero-order valence-electron chi connectivity index (χ0n) is 16.6. The van der Waals surface area contributed by atoms with Crippen molar-refractivity contribution >= 4 is 6.08 Å². The Kier molecular flexibility index (Phi) is 4.63. The topological polar surface area (TPSA) is 42.1 Å². The first-order valence-corrected chi connectivity index (χ1v) is 10.2. The average Bonchev–Trinajstić information content (AvgIpc) is 2.77. The van der Waals surface area contributed by atoms with Gasteiger partial charge in [0.2, 0.25) is 0 Å². The highest BCUT2D eigenvalue weighted by atomic mass is 19.3. The van der Waals surface area contributed by atoms with Crippen molar-refractivity contribution in [3.63, 3.8) is 0 Å². The van der Waals surface area contributed by atoms with Gasteiger partial charge in [0.15, 0.2) is 0 Å². The average molecular weight is 403 g/mol. The molecule has 2 heterocycles. The second kappa shape index (κ2) is 7.33. The summed E-state index contributed by atoms with van der Waals surface area (Å²) in [6, 6.07) is 20.3. The predicted molar refractivity (Wildman–Crippen MR) is 115 cm³/mol. The SMILES string of the molecule is NC1(c2ccc(-c3nc4c(cc3-c3ccccc3)CN(C(F)F)C=C4)cc2)CCC1. The number of rotatable bonds is 4. The molecule has 1 fully saturated rings. The van der Waals surface area contributed by atoms with E-state index >= 15 is 0 Å². The molecule has 0 amide bonds. The van der Waals surface area contributed by atoms with Gasteiger partial charge in [-0.05, 0) is 48.1 Å². The lowest BCUT2D eigenvalue weighted by atomic mass is 9.72. The third-order valence-corrected chi connectivity index (χ3v) is 6.23. The smallest absolute Gasteiger partial charge is 0.315 e. The summed E-state index contributed by atoms with van der Waals surface area (Å²) in [6.45, 7) is -2.39. The Morgan fingerprint density at radius 3 is 2.33 bits per heavy atom. The molecule has 0 saturated heterocycles. The molecule has 1 aromatic heterocycles. The van der Waals surface area contributed by atoms with Gasteiger partial charge in [0.05, 0.1) is 11.4 Å². The van der Waals surface area contributed by atoms with Crippen LogP contribution in [0.5, 0.6) is 0 Å². The minimum Gasteiger partial charge on any atom is -0.321 e. The molecule has 2 aromatic carbocycles. The van der Waals surface area contributed by atoms with E-state index in [9.17, 15) is 8.78 Å². The lowest BCUT2D eigenvalue weighted by Crippen LogP contribution is -2.43. The van der Waals surface area contributed by atoms with E-state index in [1.165, 1.54) is 12.6 Å². The molecule has 3 aromatic rings. The van der Waals surface area contributed by atoms with Gasteiger partial charge in [0.25, 0.3) is 0 Å². The fraction of sp³-hybridized carbons (Fsp3) is 0.240. The zero-order chi connectivity index (χ0) is 20.7. The molecular weight excluding hydrogens is 380 g/mol. The molecule has 0 unspecified atom stereocenters. The van der Waals surface area contributed by atoms with Crippen LogP contribution in [0.2, 0.25) is 0 Å². The molecule has 30 heavy (non-hydrogen) atoms. The van der Waals surface area contributed by atoms with E-state index in [-0.39, 0.29) is 12.1 Å². The maximum atomic E-state index is 13.2. The van der Waals surface area contributed by atoms with Crippen molar-refractivity contribution in [1.29, 1.82) is 0 Å². The summed E-state index contributed by atoms with van der Waals surface area (Å²) in [4.78, 5) is 5.91. The molecule has 1 saturated carbocycles. The Bertz CT molecular complexity index is 1090. The normalized spacial score (nSPS) is 17.0. The van der Waals surface area contributed by atoms with Gasteiger partial charge < -0.3 is 10.6 Å². The van der Waals surface area contributed by atoms with E-state index in [1.807, 2.05) is 36.4 Å². The van der Waals surface area contributed by atoms with Gasteiger partial charge in [-0.25, -0.2) is 4.98 Å². The number of nitrogens with zero attached hydrogens (tertiary/aromatic N) is 2. The Labute approximate surface area is 174 Å². The molecule has 5 heteroatoms. The maximum Gasteiger partial charge on any atom is 0.315 e. The number of hydrogen-bond acceptors (Lipinski definition) is 3. The second-order valence-electron chi connectivity index (χ2n) is 8.15. The number of alkyl halides is 2. The van der Waals surface area contributed by atoms with Gasteiger partial charge in [0, 0.05) is 29.4 Å². The standard InChI is InChI=1S/C25H23F2N3/c26-24(27)30-14-11-22-19(16-30)15-21(17-5-2-1-3-6-17)23(29-22)18-7-9-20(10-8-18)25(28)12-4-13-25/h1-3,5-11,14-15,24H,4,12-13,16,28H2. The maximum absolute atomic E-state index is 13.2. The summed E-state index contributed by atoms with van der Waals surface area (Å²) in [7, 11) is 0. The molecule has 2 N–H and O–H groups in total. The van der Waals surface area contributed by atoms with Crippen LogP contribution >= 0.6 is 0 Å². The lowest BCUT2D eigenvalue weighted by molar-refractivity contribution is 0.000555. The molecule has 0 spiro atoms. The first-order chi connectivity index (χ1) is 14.5. The monoisotopic (exact) mass is 403 g/mol. The van der Waals surface area contributed by atoms with E-state index in [2.05, 4.69) is 24.3 Å². The summed E-state index contributed by atoms with van der Waals surface area (Å²) in [5.41, 5.74) is 12.8. The molecule has 152 valence electrons. The molecule has 1 aliphatic heterocycles. The van der Waals surface area contributed by atoms with E-state index in [0.717, 1.165) is 56.9 Å². The Balaban J connectivity index is 1.60. The van der Waals surface area contributed by atoms with Crippen LogP contribution in [0.1, 0.15) is 36.1 Å². The van der Waals surface area contributed by atoms with E-state index in [0.29, 0.717) is 0 Å². The quantitative estimate of drug-likeness (QED) is 0.563. The number of fused-ring (bicyclic) bond motifs is 1. The third-order valence-electron chi connectivity index (χ3n) is 6.23. The minimum atomic E-state index is -2.53. The summed E-state index contributed by atoms with van der Waals surface area (Å²) in [5.74, 6) is 0. The second-order valence-corrected chi connectivity index (χ2v) is 8.15. The number of aromatic nitrogens is 1. The van der Waals surface area contributed by atoms with Crippen LogP contribution in [0.15, 0.2) is 66.9 Å².